The van der Waals surface area contributed by atoms with Crippen molar-refractivity contribution in [2.45, 2.75) is 44.4 Å². The van der Waals surface area contributed by atoms with Gasteiger partial charge in [0.15, 0.2) is 11.3 Å². The number of ether oxygens (including phenoxy) is 1. The van der Waals surface area contributed by atoms with E-state index in [1.54, 1.807) is 36.0 Å². The second-order valence-corrected chi connectivity index (χ2v) is 13.1. The van der Waals surface area contributed by atoms with E-state index in [1.807, 2.05) is 30.3 Å². The zero-order valence-electron chi connectivity index (χ0n) is 28.5. The van der Waals surface area contributed by atoms with Gasteiger partial charge in [0.25, 0.3) is 12.3 Å². The molecule has 2 aliphatic rings. The molecule has 2 N–H and O–H groups in total. The summed E-state index contributed by atoms with van der Waals surface area (Å²) in [6.45, 7) is 2.46. The lowest BCUT2D eigenvalue weighted by molar-refractivity contribution is -0.135. The molecule has 15 nitrogen and oxygen atoms in total. The SMILES string of the molecule is Cn1c(=O)n(C2CCC(=O)NC2=O)c2cccc(C[C@@H]3CN(Cc4ccc(-n5cc(NC(=O)c6cnn7cccnc67)c(C(F)F)n5)cc4)CCO3)c21. The maximum Gasteiger partial charge on any atom is 0.329 e. The number of hydrogen-bond donors (Lipinski definition) is 2. The number of aromatic nitrogens is 7. The van der Waals surface area contributed by atoms with Crippen LogP contribution in [0.3, 0.4) is 0 Å². The number of halogens is 2. The number of hydrogen-bond acceptors (Lipinski definition) is 9. The number of nitrogens with one attached hydrogen (secondary N) is 2. The lowest BCUT2D eigenvalue weighted by Gasteiger charge is -2.33. The maximum absolute atomic E-state index is 14.0. The van der Waals surface area contributed by atoms with Gasteiger partial charge in [0.2, 0.25) is 11.8 Å². The number of imide groups is 1. The van der Waals surface area contributed by atoms with Crippen molar-refractivity contribution in [2.24, 2.45) is 7.05 Å². The van der Waals surface area contributed by atoms with Gasteiger partial charge in [-0.1, -0.05) is 24.3 Å². The van der Waals surface area contributed by atoms with Crippen molar-refractivity contribution in [3.63, 3.8) is 0 Å². The number of imidazole rings is 1. The number of fused-ring (bicyclic) bond motifs is 2. The highest BCUT2D eigenvalue weighted by atomic mass is 19.3. The summed E-state index contributed by atoms with van der Waals surface area (Å²) in [6, 6.07) is 13.9. The molecule has 0 radical (unpaired) electrons. The third-order valence-corrected chi connectivity index (χ3v) is 9.71. The highest BCUT2D eigenvalue weighted by Crippen LogP contribution is 2.29. The van der Waals surface area contributed by atoms with Gasteiger partial charge in [0.1, 0.15) is 11.6 Å². The van der Waals surface area contributed by atoms with E-state index in [0.717, 1.165) is 16.6 Å². The van der Waals surface area contributed by atoms with E-state index in [0.29, 0.717) is 49.5 Å². The molecule has 53 heavy (non-hydrogen) atoms. The van der Waals surface area contributed by atoms with Crippen LogP contribution in [0.5, 0.6) is 0 Å². The van der Waals surface area contributed by atoms with Gasteiger partial charge in [-0.05, 0) is 41.8 Å². The molecular weight excluding hydrogens is 690 g/mol. The van der Waals surface area contributed by atoms with Crippen LogP contribution in [0.1, 0.15) is 52.5 Å². The Hall–Kier alpha value is -6.07. The Morgan fingerprint density at radius 1 is 1.11 bits per heavy atom. The molecule has 8 rings (SSSR count). The number of amides is 3. The van der Waals surface area contributed by atoms with Crippen molar-refractivity contribution in [1.29, 1.82) is 0 Å². The fourth-order valence-electron chi connectivity index (χ4n) is 7.17. The summed E-state index contributed by atoms with van der Waals surface area (Å²) >= 11 is 0. The van der Waals surface area contributed by atoms with Crippen molar-refractivity contribution >= 4 is 40.1 Å². The number of carbonyl (C=O) groups is 3. The minimum absolute atomic E-state index is 0.119. The van der Waals surface area contributed by atoms with Gasteiger partial charge in [-0.3, -0.25) is 33.7 Å². The number of benzene rings is 2. The van der Waals surface area contributed by atoms with Crippen LogP contribution in [0.25, 0.3) is 22.4 Å². The number of anilines is 1. The first-order chi connectivity index (χ1) is 25.6. The summed E-state index contributed by atoms with van der Waals surface area (Å²) in [5, 5.41) is 13.0. The van der Waals surface area contributed by atoms with Crippen LogP contribution in [0.2, 0.25) is 0 Å². The van der Waals surface area contributed by atoms with Gasteiger partial charge < -0.3 is 10.1 Å². The normalized spacial score (nSPS) is 18.3. The Labute approximate surface area is 299 Å². The van der Waals surface area contributed by atoms with Crippen LogP contribution >= 0.6 is 0 Å². The van der Waals surface area contributed by atoms with Crippen LogP contribution in [0.15, 0.2) is 78.1 Å². The second kappa shape index (κ2) is 13.8. The van der Waals surface area contributed by atoms with Crippen LogP contribution in [0, 0.1) is 0 Å². The molecule has 2 aliphatic heterocycles. The molecule has 0 bridgehead atoms. The van der Waals surface area contributed by atoms with Crippen molar-refractivity contribution in [3.05, 3.63) is 106 Å². The van der Waals surface area contributed by atoms with E-state index in [4.69, 9.17) is 4.74 Å². The summed E-state index contributed by atoms with van der Waals surface area (Å²) in [5.41, 5.74) is 3.24. The number of morpholine rings is 1. The first-order valence-electron chi connectivity index (χ1n) is 17.1. The maximum atomic E-state index is 14.0. The average molecular weight is 725 g/mol. The van der Waals surface area contributed by atoms with E-state index in [9.17, 15) is 28.0 Å². The molecule has 6 heterocycles. The lowest BCUT2D eigenvalue weighted by Crippen LogP contribution is -2.44. The Morgan fingerprint density at radius 3 is 2.74 bits per heavy atom. The number of carbonyl (C=O) groups excluding carboxylic acids is 3. The lowest BCUT2D eigenvalue weighted by atomic mass is 10.0. The van der Waals surface area contributed by atoms with Crippen LogP contribution in [-0.2, 0) is 34.3 Å². The Balaban J connectivity index is 0.946. The standard InChI is InChI=1S/C36H34F2N10O5/c1-44-31-22(4-2-5-27(31)48(36(44)52)28-10-11-29(49)42-35(28)51)16-24-19-45(14-15-53-24)18-21-6-8-23(9-7-21)47-20-26(30(43-47)32(37)38)41-34(50)25-17-40-46-13-3-12-39-33(25)46/h2-9,12-13,17,20,24,28,32H,10-11,14-16,18-19H2,1H3,(H,41,50)(H,42,49,51)/t24-,28?/m1/s1. The van der Waals surface area contributed by atoms with Crippen LogP contribution in [0.4, 0.5) is 14.5 Å². The fourth-order valence-corrected chi connectivity index (χ4v) is 7.17. The van der Waals surface area contributed by atoms with E-state index in [1.165, 1.54) is 32.4 Å². The molecule has 0 aliphatic carbocycles. The first kappa shape index (κ1) is 34.0. The quantitative estimate of drug-likeness (QED) is 0.213. The third-order valence-electron chi connectivity index (χ3n) is 9.71. The number of rotatable bonds is 9. The molecule has 1 unspecified atom stereocenters. The molecule has 0 saturated carbocycles. The second-order valence-electron chi connectivity index (χ2n) is 13.1. The van der Waals surface area contributed by atoms with E-state index >= 15 is 0 Å². The smallest absolute Gasteiger partial charge is 0.329 e. The molecule has 3 amide bonds. The highest BCUT2D eigenvalue weighted by molar-refractivity contribution is 6.08. The summed E-state index contributed by atoms with van der Waals surface area (Å²) in [7, 11) is 1.68. The minimum atomic E-state index is -2.93. The van der Waals surface area contributed by atoms with E-state index in [-0.39, 0.29) is 41.8 Å². The van der Waals surface area contributed by atoms with Crippen molar-refractivity contribution in [1.82, 2.24) is 43.7 Å². The van der Waals surface area contributed by atoms with Crippen LogP contribution < -0.4 is 16.3 Å². The average Bonchev–Trinajstić information content (AvgIpc) is 3.84. The molecule has 2 aromatic carbocycles. The fraction of sp³-hybridized carbons (Fsp3) is 0.306. The van der Waals surface area contributed by atoms with E-state index < -0.39 is 30.0 Å². The molecule has 272 valence electrons. The van der Waals surface area contributed by atoms with Crippen molar-refractivity contribution in [2.75, 3.05) is 25.0 Å². The highest BCUT2D eigenvalue weighted by Gasteiger charge is 2.32. The van der Waals surface area contributed by atoms with Gasteiger partial charge in [0.05, 0.1) is 47.5 Å². The van der Waals surface area contributed by atoms with Gasteiger partial charge in [-0.15, -0.1) is 0 Å². The molecule has 2 atom stereocenters. The summed E-state index contributed by atoms with van der Waals surface area (Å²) < 4.78 is 39.9. The zero-order chi connectivity index (χ0) is 36.8. The molecule has 4 aromatic heterocycles. The molecular formula is C36H34F2N10O5. The Kier molecular flexibility index (Phi) is 8.87. The molecule has 17 heteroatoms. The minimum Gasteiger partial charge on any atom is -0.375 e. The van der Waals surface area contributed by atoms with Gasteiger partial charge in [-0.25, -0.2) is 27.8 Å². The predicted molar refractivity (Wildman–Crippen MR) is 187 cm³/mol. The predicted octanol–water partition coefficient (Wildman–Crippen LogP) is 3.18. The monoisotopic (exact) mass is 724 g/mol. The van der Waals surface area contributed by atoms with Gasteiger partial charge in [0, 0.05) is 51.9 Å². The summed E-state index contributed by atoms with van der Waals surface area (Å²) in [6.07, 6.45) is 3.70. The number of piperidine rings is 1. The van der Waals surface area contributed by atoms with E-state index in [2.05, 4.69) is 30.7 Å². The molecule has 0 spiro atoms. The Morgan fingerprint density at radius 2 is 1.94 bits per heavy atom. The largest absolute Gasteiger partial charge is 0.375 e. The number of aryl methyl sites for hydroxylation is 1. The van der Waals surface area contributed by atoms with Crippen molar-refractivity contribution in [3.8, 4) is 5.69 Å². The number of nitrogens with zero attached hydrogens (tertiary/aromatic N) is 8. The topological polar surface area (TPSA) is 163 Å². The summed E-state index contributed by atoms with van der Waals surface area (Å²) in [5.74, 6) is -1.45. The molecule has 2 saturated heterocycles. The number of alkyl halides is 2. The zero-order valence-corrected chi connectivity index (χ0v) is 28.5. The van der Waals surface area contributed by atoms with Crippen molar-refractivity contribution < 1.29 is 27.9 Å². The summed E-state index contributed by atoms with van der Waals surface area (Å²) in [4.78, 5) is 57.2. The first-order valence-corrected chi connectivity index (χ1v) is 17.1. The van der Waals surface area contributed by atoms with Gasteiger partial charge >= 0.3 is 5.69 Å². The third kappa shape index (κ3) is 6.48. The Bertz CT molecular complexity index is 2430. The molecule has 6 aromatic rings. The van der Waals surface area contributed by atoms with Crippen LogP contribution in [-0.4, -0.2) is 81.9 Å². The van der Waals surface area contributed by atoms with Gasteiger partial charge in [-0.2, -0.15) is 10.2 Å². The number of para-hydroxylation sites is 1. The molecule has 2 fully saturated rings.